The average Bonchev–Trinajstić information content (AvgIpc) is 2.44. The van der Waals surface area contributed by atoms with Gasteiger partial charge in [-0.1, -0.05) is 6.92 Å². The van der Waals surface area contributed by atoms with Crippen LogP contribution in [-0.2, 0) is 0 Å². The maximum absolute atomic E-state index is 13.4. The van der Waals surface area contributed by atoms with Gasteiger partial charge >= 0.3 is 0 Å². The van der Waals surface area contributed by atoms with Crippen molar-refractivity contribution in [2.75, 3.05) is 12.3 Å². The summed E-state index contributed by atoms with van der Waals surface area (Å²) in [5.74, 6) is 0.248. The molecule has 1 aromatic carbocycles. The monoisotopic (exact) mass is 341 g/mol. The van der Waals surface area contributed by atoms with Gasteiger partial charge in [0.05, 0.1) is 11.1 Å². The standard InChI is InChI=1S/C13H13BrFN3O2/c1-2-5-19-12-11(16)13(18-7-17-12)20-8-3-4-9(14)10(15)6-8/h3-4,6-7H,2,5,16H2,1H3. The van der Waals surface area contributed by atoms with Crippen molar-refractivity contribution in [3.63, 3.8) is 0 Å². The van der Waals surface area contributed by atoms with Gasteiger partial charge in [0.1, 0.15) is 17.9 Å². The Hall–Kier alpha value is -1.89. The Balaban J connectivity index is 2.22. The van der Waals surface area contributed by atoms with Crippen molar-refractivity contribution in [1.82, 2.24) is 9.97 Å². The third-order valence-electron chi connectivity index (χ3n) is 2.36. The predicted molar refractivity (Wildman–Crippen MR) is 76.4 cm³/mol. The van der Waals surface area contributed by atoms with Crippen LogP contribution in [0.5, 0.6) is 17.5 Å². The minimum Gasteiger partial charge on any atom is -0.476 e. The summed E-state index contributed by atoms with van der Waals surface area (Å²) in [6.45, 7) is 2.47. The highest BCUT2D eigenvalue weighted by Gasteiger charge is 2.12. The lowest BCUT2D eigenvalue weighted by Gasteiger charge is -2.10. The fourth-order valence-electron chi connectivity index (χ4n) is 1.41. The zero-order valence-corrected chi connectivity index (χ0v) is 12.4. The van der Waals surface area contributed by atoms with Crippen molar-refractivity contribution >= 4 is 21.6 Å². The highest BCUT2D eigenvalue weighted by Crippen LogP contribution is 2.31. The van der Waals surface area contributed by atoms with E-state index in [1.807, 2.05) is 6.92 Å². The Morgan fingerprint density at radius 3 is 2.75 bits per heavy atom. The fourth-order valence-corrected chi connectivity index (χ4v) is 1.66. The number of nitrogens with two attached hydrogens (primary N) is 1. The van der Waals surface area contributed by atoms with E-state index in [9.17, 15) is 4.39 Å². The number of ether oxygens (including phenoxy) is 2. The Morgan fingerprint density at radius 1 is 1.30 bits per heavy atom. The molecule has 7 heteroatoms. The summed E-state index contributed by atoms with van der Waals surface area (Å²) in [6, 6.07) is 4.37. The summed E-state index contributed by atoms with van der Waals surface area (Å²) in [6.07, 6.45) is 2.11. The van der Waals surface area contributed by atoms with E-state index in [2.05, 4.69) is 25.9 Å². The zero-order chi connectivity index (χ0) is 14.5. The summed E-state index contributed by atoms with van der Waals surface area (Å²) in [5.41, 5.74) is 6.05. The predicted octanol–water partition coefficient (Wildman–Crippen LogP) is 3.54. The molecule has 0 aliphatic carbocycles. The molecule has 5 nitrogen and oxygen atoms in total. The molecule has 0 spiro atoms. The molecular weight excluding hydrogens is 329 g/mol. The van der Waals surface area contributed by atoms with E-state index < -0.39 is 5.82 Å². The second kappa shape index (κ2) is 6.51. The molecule has 0 fully saturated rings. The molecule has 0 unspecified atom stereocenters. The van der Waals surface area contributed by atoms with Crippen LogP contribution in [0.15, 0.2) is 29.0 Å². The molecule has 0 saturated heterocycles. The highest BCUT2D eigenvalue weighted by atomic mass is 79.9. The average molecular weight is 342 g/mol. The van der Waals surface area contributed by atoms with Crippen LogP contribution in [-0.4, -0.2) is 16.6 Å². The Kier molecular flexibility index (Phi) is 4.73. The molecule has 2 rings (SSSR count). The van der Waals surface area contributed by atoms with Gasteiger partial charge in [-0.05, 0) is 34.5 Å². The van der Waals surface area contributed by atoms with Crippen LogP contribution in [0.25, 0.3) is 0 Å². The van der Waals surface area contributed by atoms with Gasteiger partial charge in [-0.25, -0.2) is 4.39 Å². The third kappa shape index (κ3) is 3.36. The van der Waals surface area contributed by atoms with Crippen molar-refractivity contribution in [2.45, 2.75) is 13.3 Å². The van der Waals surface area contributed by atoms with Crippen LogP contribution in [0.1, 0.15) is 13.3 Å². The molecule has 1 heterocycles. The number of nitrogens with zero attached hydrogens (tertiary/aromatic N) is 2. The largest absolute Gasteiger partial charge is 0.476 e. The number of hydrogen-bond acceptors (Lipinski definition) is 5. The summed E-state index contributed by atoms with van der Waals surface area (Å²) < 4.78 is 24.6. The Morgan fingerprint density at radius 2 is 2.05 bits per heavy atom. The molecule has 0 radical (unpaired) electrons. The summed E-state index contributed by atoms with van der Waals surface area (Å²) >= 11 is 3.07. The lowest BCUT2D eigenvalue weighted by atomic mass is 10.3. The molecule has 106 valence electrons. The van der Waals surface area contributed by atoms with E-state index in [-0.39, 0.29) is 23.2 Å². The molecular formula is C13H13BrFN3O2. The van der Waals surface area contributed by atoms with Crippen molar-refractivity contribution in [2.24, 2.45) is 0 Å². The number of nitrogen functional groups attached to an aromatic ring is 1. The van der Waals surface area contributed by atoms with E-state index in [0.29, 0.717) is 11.1 Å². The van der Waals surface area contributed by atoms with Crippen molar-refractivity contribution < 1.29 is 13.9 Å². The SMILES string of the molecule is CCCOc1ncnc(Oc2ccc(Br)c(F)c2)c1N. The van der Waals surface area contributed by atoms with Gasteiger partial charge in [-0.3, -0.25) is 0 Å². The van der Waals surface area contributed by atoms with Gasteiger partial charge in [0.2, 0.25) is 11.8 Å². The first-order chi connectivity index (χ1) is 9.61. The normalized spacial score (nSPS) is 10.3. The van der Waals surface area contributed by atoms with Gasteiger partial charge < -0.3 is 15.2 Å². The number of aromatic nitrogens is 2. The second-order valence-corrected chi connectivity index (χ2v) is 4.78. The van der Waals surface area contributed by atoms with Crippen LogP contribution < -0.4 is 15.2 Å². The van der Waals surface area contributed by atoms with Crippen LogP contribution in [0.2, 0.25) is 0 Å². The van der Waals surface area contributed by atoms with E-state index in [1.54, 1.807) is 6.07 Å². The molecule has 0 aliphatic heterocycles. The molecule has 0 atom stereocenters. The number of halogens is 2. The fraction of sp³-hybridized carbons (Fsp3) is 0.231. The van der Waals surface area contributed by atoms with Gasteiger partial charge in [0.15, 0.2) is 5.69 Å². The topological polar surface area (TPSA) is 70.3 Å². The van der Waals surface area contributed by atoms with Gasteiger partial charge in [0, 0.05) is 6.07 Å². The summed E-state index contributed by atoms with van der Waals surface area (Å²) in [4.78, 5) is 7.85. The number of anilines is 1. The molecule has 0 bridgehead atoms. The van der Waals surface area contributed by atoms with E-state index in [1.165, 1.54) is 18.5 Å². The lowest BCUT2D eigenvalue weighted by molar-refractivity contribution is 0.304. The molecule has 0 saturated carbocycles. The third-order valence-corrected chi connectivity index (χ3v) is 3.00. The van der Waals surface area contributed by atoms with Crippen molar-refractivity contribution in [3.8, 4) is 17.5 Å². The van der Waals surface area contributed by atoms with Crippen LogP contribution in [0, 0.1) is 5.82 Å². The minimum atomic E-state index is -0.433. The Labute approximate surface area is 124 Å². The number of benzene rings is 1. The highest BCUT2D eigenvalue weighted by molar-refractivity contribution is 9.10. The van der Waals surface area contributed by atoms with E-state index in [4.69, 9.17) is 15.2 Å². The van der Waals surface area contributed by atoms with E-state index >= 15 is 0 Å². The first-order valence-electron chi connectivity index (χ1n) is 5.98. The molecule has 1 aromatic heterocycles. The van der Waals surface area contributed by atoms with Crippen LogP contribution in [0.4, 0.5) is 10.1 Å². The lowest BCUT2D eigenvalue weighted by Crippen LogP contribution is -2.04. The summed E-state index contributed by atoms with van der Waals surface area (Å²) in [5, 5.41) is 0. The van der Waals surface area contributed by atoms with Crippen LogP contribution in [0.3, 0.4) is 0 Å². The van der Waals surface area contributed by atoms with Gasteiger partial charge in [-0.15, -0.1) is 0 Å². The Bertz CT molecular complexity index is 610. The maximum Gasteiger partial charge on any atom is 0.249 e. The van der Waals surface area contributed by atoms with Gasteiger partial charge in [0.25, 0.3) is 0 Å². The minimum absolute atomic E-state index is 0.132. The summed E-state index contributed by atoms with van der Waals surface area (Å²) in [7, 11) is 0. The maximum atomic E-state index is 13.4. The van der Waals surface area contributed by atoms with Crippen LogP contribution >= 0.6 is 15.9 Å². The molecule has 2 N–H and O–H groups in total. The molecule has 20 heavy (non-hydrogen) atoms. The smallest absolute Gasteiger partial charge is 0.249 e. The number of rotatable bonds is 5. The first-order valence-corrected chi connectivity index (χ1v) is 6.77. The van der Waals surface area contributed by atoms with Gasteiger partial charge in [-0.2, -0.15) is 9.97 Å². The molecule has 0 amide bonds. The number of hydrogen-bond donors (Lipinski definition) is 1. The van der Waals surface area contributed by atoms with E-state index in [0.717, 1.165) is 6.42 Å². The molecule has 0 aliphatic rings. The molecule has 2 aromatic rings. The first kappa shape index (κ1) is 14.5. The van der Waals surface area contributed by atoms with Crippen molar-refractivity contribution in [3.05, 3.63) is 34.8 Å². The zero-order valence-electron chi connectivity index (χ0n) is 10.8. The second-order valence-electron chi connectivity index (χ2n) is 3.92. The van der Waals surface area contributed by atoms with Crippen molar-refractivity contribution in [1.29, 1.82) is 0 Å². The quantitative estimate of drug-likeness (QED) is 0.900.